The van der Waals surface area contributed by atoms with Crippen molar-refractivity contribution < 1.29 is 9.21 Å². The Balaban J connectivity index is 1.78. The zero-order chi connectivity index (χ0) is 17.8. The van der Waals surface area contributed by atoms with Gasteiger partial charge in [-0.2, -0.15) is 0 Å². The minimum atomic E-state index is -0.198. The average Bonchev–Trinajstić information content (AvgIpc) is 3.21. The highest BCUT2D eigenvalue weighted by Crippen LogP contribution is 2.30. The van der Waals surface area contributed by atoms with Crippen LogP contribution in [0.25, 0.3) is 21.5 Å². The van der Waals surface area contributed by atoms with E-state index in [1.54, 1.807) is 12.3 Å². The lowest BCUT2D eigenvalue weighted by atomic mass is 10.2. The molecule has 1 amide bonds. The van der Waals surface area contributed by atoms with E-state index in [9.17, 15) is 9.59 Å². The van der Waals surface area contributed by atoms with Gasteiger partial charge in [-0.1, -0.05) is 6.92 Å². The van der Waals surface area contributed by atoms with E-state index in [-0.39, 0.29) is 18.0 Å². The van der Waals surface area contributed by atoms with Gasteiger partial charge in [-0.3, -0.25) is 14.5 Å². The number of furan rings is 1. The van der Waals surface area contributed by atoms with Crippen molar-refractivity contribution in [2.45, 2.75) is 19.9 Å². The number of amides is 1. The molecule has 3 heterocycles. The van der Waals surface area contributed by atoms with Gasteiger partial charge in [0.1, 0.15) is 16.4 Å². The lowest BCUT2D eigenvalue weighted by molar-refractivity contribution is -0.122. The second kappa shape index (κ2) is 7.62. The summed E-state index contributed by atoms with van der Waals surface area (Å²) in [4.78, 5) is 34.1. The molecule has 8 heteroatoms. The van der Waals surface area contributed by atoms with Crippen LogP contribution in [0.2, 0.25) is 0 Å². The molecular weight excluding hydrogens is 340 g/mol. The molecule has 0 aliphatic rings. The zero-order valence-electron chi connectivity index (χ0n) is 14.2. The van der Waals surface area contributed by atoms with Gasteiger partial charge in [-0.25, -0.2) is 4.98 Å². The molecule has 3 rings (SSSR count). The van der Waals surface area contributed by atoms with Crippen molar-refractivity contribution in [1.82, 2.24) is 20.2 Å². The Kier molecular flexibility index (Phi) is 5.30. The Morgan fingerprint density at radius 3 is 3.04 bits per heavy atom. The number of fused-ring (bicyclic) bond motifs is 1. The predicted molar refractivity (Wildman–Crippen MR) is 97.6 cm³/mol. The van der Waals surface area contributed by atoms with Crippen molar-refractivity contribution in [3.05, 3.63) is 40.0 Å². The van der Waals surface area contributed by atoms with Crippen molar-refractivity contribution in [3.63, 3.8) is 0 Å². The minimum absolute atomic E-state index is 0.0380. The molecule has 0 spiro atoms. The van der Waals surface area contributed by atoms with Crippen molar-refractivity contribution in [2.75, 3.05) is 20.1 Å². The number of carbonyl (C=O) groups is 1. The van der Waals surface area contributed by atoms with Crippen molar-refractivity contribution in [3.8, 4) is 11.3 Å². The molecule has 2 N–H and O–H groups in total. The number of hydrogen-bond donors (Lipinski definition) is 2. The highest BCUT2D eigenvalue weighted by molar-refractivity contribution is 7.17. The van der Waals surface area contributed by atoms with Crippen LogP contribution in [-0.2, 0) is 11.3 Å². The van der Waals surface area contributed by atoms with E-state index in [2.05, 4.69) is 15.3 Å². The maximum atomic E-state index is 12.5. The molecule has 3 aromatic heterocycles. The SMILES string of the molecule is CCCNC(=O)CN(C)Cc1nc2scc(-c3ccco3)c2c(=O)[nH]1. The van der Waals surface area contributed by atoms with Crippen molar-refractivity contribution >= 4 is 27.5 Å². The van der Waals surface area contributed by atoms with Gasteiger partial charge in [-0.15, -0.1) is 11.3 Å². The summed E-state index contributed by atoms with van der Waals surface area (Å²) in [6.45, 7) is 3.31. The summed E-state index contributed by atoms with van der Waals surface area (Å²) in [5, 5.41) is 5.23. The molecule has 0 aliphatic carbocycles. The van der Waals surface area contributed by atoms with Gasteiger partial charge in [-0.05, 0) is 25.6 Å². The summed E-state index contributed by atoms with van der Waals surface area (Å²) in [7, 11) is 1.82. The van der Waals surface area contributed by atoms with Crippen LogP contribution in [0.15, 0.2) is 33.0 Å². The highest BCUT2D eigenvalue weighted by atomic mass is 32.1. The number of aromatic amines is 1. The minimum Gasteiger partial charge on any atom is -0.464 e. The van der Waals surface area contributed by atoms with Gasteiger partial charge in [0, 0.05) is 17.5 Å². The van der Waals surface area contributed by atoms with Crippen LogP contribution in [0.5, 0.6) is 0 Å². The third kappa shape index (κ3) is 3.97. The third-order valence-electron chi connectivity index (χ3n) is 3.69. The van der Waals surface area contributed by atoms with Crippen LogP contribution >= 0.6 is 11.3 Å². The van der Waals surface area contributed by atoms with Crippen molar-refractivity contribution in [2.24, 2.45) is 0 Å². The van der Waals surface area contributed by atoms with Gasteiger partial charge >= 0.3 is 0 Å². The van der Waals surface area contributed by atoms with Gasteiger partial charge in [0.05, 0.1) is 24.7 Å². The number of hydrogen-bond acceptors (Lipinski definition) is 6. The number of nitrogens with one attached hydrogen (secondary N) is 2. The number of carbonyl (C=O) groups excluding carboxylic acids is 1. The third-order valence-corrected chi connectivity index (χ3v) is 4.56. The van der Waals surface area contributed by atoms with E-state index in [1.165, 1.54) is 11.3 Å². The first-order chi connectivity index (χ1) is 12.1. The highest BCUT2D eigenvalue weighted by Gasteiger charge is 2.15. The predicted octanol–water partition coefficient (Wildman–Crippen LogP) is 2.20. The number of nitrogens with zero attached hydrogens (tertiary/aromatic N) is 2. The Morgan fingerprint density at radius 1 is 1.48 bits per heavy atom. The monoisotopic (exact) mass is 360 g/mol. The Bertz CT molecular complexity index is 914. The van der Waals surface area contributed by atoms with Gasteiger partial charge < -0.3 is 14.7 Å². The maximum Gasteiger partial charge on any atom is 0.260 e. The first-order valence-corrected chi connectivity index (χ1v) is 8.96. The van der Waals surface area contributed by atoms with Gasteiger partial charge in [0.25, 0.3) is 5.56 Å². The van der Waals surface area contributed by atoms with Gasteiger partial charge in [0.2, 0.25) is 5.91 Å². The summed E-state index contributed by atoms with van der Waals surface area (Å²) < 4.78 is 5.39. The number of aromatic nitrogens is 2. The molecule has 0 aliphatic heterocycles. The molecule has 0 saturated carbocycles. The lowest BCUT2D eigenvalue weighted by Crippen LogP contribution is -2.35. The molecule has 25 heavy (non-hydrogen) atoms. The Labute approximate surface area is 148 Å². The molecule has 0 saturated heterocycles. The molecule has 0 atom stereocenters. The summed E-state index contributed by atoms with van der Waals surface area (Å²) >= 11 is 1.40. The lowest BCUT2D eigenvalue weighted by Gasteiger charge is -2.15. The van der Waals surface area contributed by atoms with E-state index in [4.69, 9.17) is 4.42 Å². The van der Waals surface area contributed by atoms with E-state index in [1.807, 2.05) is 30.3 Å². The first-order valence-electron chi connectivity index (χ1n) is 8.08. The largest absolute Gasteiger partial charge is 0.464 e. The fourth-order valence-corrected chi connectivity index (χ4v) is 3.51. The molecule has 0 unspecified atom stereocenters. The molecule has 132 valence electrons. The van der Waals surface area contributed by atoms with Crippen molar-refractivity contribution in [1.29, 1.82) is 0 Å². The molecule has 7 nitrogen and oxygen atoms in total. The second-order valence-electron chi connectivity index (χ2n) is 5.84. The Hall–Kier alpha value is -2.45. The topological polar surface area (TPSA) is 91.2 Å². The number of likely N-dealkylation sites (N-methyl/N-ethyl adjacent to an activating group) is 1. The number of rotatable bonds is 7. The quantitative estimate of drug-likeness (QED) is 0.674. The van der Waals surface area contributed by atoms with Crippen LogP contribution in [-0.4, -0.2) is 40.9 Å². The summed E-state index contributed by atoms with van der Waals surface area (Å²) in [5.74, 6) is 1.15. The molecule has 0 radical (unpaired) electrons. The standard InChI is InChI=1S/C17H20N4O3S/c1-3-6-18-14(22)9-21(2)8-13-19-16(23)15-11(10-25-17(15)20-13)12-5-4-7-24-12/h4-5,7,10H,3,6,8-9H2,1-2H3,(H,18,22)(H,19,20,23). The first kappa shape index (κ1) is 17.4. The van der Waals surface area contributed by atoms with Crippen LogP contribution in [0.3, 0.4) is 0 Å². The fourth-order valence-electron chi connectivity index (χ4n) is 2.56. The summed E-state index contributed by atoms with van der Waals surface area (Å²) in [6.07, 6.45) is 2.48. The van der Waals surface area contributed by atoms with Crippen LogP contribution in [0.1, 0.15) is 19.2 Å². The zero-order valence-corrected chi connectivity index (χ0v) is 15.0. The van der Waals surface area contributed by atoms with E-state index >= 15 is 0 Å². The molecule has 0 fully saturated rings. The normalized spacial score (nSPS) is 11.3. The van der Waals surface area contributed by atoms with E-state index < -0.39 is 0 Å². The van der Waals surface area contributed by atoms with Gasteiger partial charge in [0.15, 0.2) is 0 Å². The molecule has 3 aromatic rings. The second-order valence-corrected chi connectivity index (χ2v) is 6.70. The summed E-state index contributed by atoms with van der Waals surface area (Å²) in [6, 6.07) is 3.60. The number of thiophene rings is 1. The Morgan fingerprint density at radius 2 is 2.32 bits per heavy atom. The van der Waals surface area contributed by atoms with Crippen LogP contribution < -0.4 is 10.9 Å². The average molecular weight is 360 g/mol. The van der Waals surface area contributed by atoms with E-state index in [0.717, 1.165) is 12.0 Å². The summed E-state index contributed by atoms with van der Waals surface area (Å²) in [5.41, 5.74) is 0.550. The maximum absolute atomic E-state index is 12.5. The fraction of sp³-hybridized carbons (Fsp3) is 0.353. The number of H-pyrrole nitrogens is 1. The molecule has 0 aromatic carbocycles. The smallest absolute Gasteiger partial charge is 0.260 e. The van der Waals surface area contributed by atoms with Crippen LogP contribution in [0.4, 0.5) is 0 Å². The van der Waals surface area contributed by atoms with Crippen LogP contribution in [0, 0.1) is 0 Å². The molecular formula is C17H20N4O3S. The van der Waals surface area contributed by atoms with E-state index in [0.29, 0.717) is 34.9 Å². The molecule has 0 bridgehead atoms.